The van der Waals surface area contributed by atoms with Crippen molar-refractivity contribution in [2.45, 2.75) is 32.1 Å². The highest BCUT2D eigenvalue weighted by Gasteiger charge is 2.26. The fraction of sp³-hybridized carbons (Fsp3) is 0.545. The maximum absolute atomic E-state index is 13.1. The number of rotatable bonds is 10. The molecule has 1 aliphatic heterocycles. The third-order valence-electron chi connectivity index (χ3n) is 5.50. The number of nitrogens with one attached hydrogen (secondary N) is 1. The summed E-state index contributed by atoms with van der Waals surface area (Å²) in [6.07, 6.45) is 2.75. The van der Waals surface area contributed by atoms with E-state index in [1.807, 2.05) is 11.6 Å². The quantitative estimate of drug-likeness (QED) is 0.541. The Labute approximate surface area is 200 Å². The van der Waals surface area contributed by atoms with Crippen molar-refractivity contribution in [2.24, 2.45) is 0 Å². The van der Waals surface area contributed by atoms with E-state index in [4.69, 9.17) is 4.74 Å². The summed E-state index contributed by atoms with van der Waals surface area (Å²) in [7, 11) is -3.74. The minimum absolute atomic E-state index is 0.0692. The topological polar surface area (TPSA) is 95.1 Å². The van der Waals surface area contributed by atoms with Crippen LogP contribution in [-0.4, -0.2) is 80.9 Å². The van der Waals surface area contributed by atoms with Crippen LogP contribution in [0.25, 0.3) is 0 Å². The van der Waals surface area contributed by atoms with Gasteiger partial charge < -0.3 is 15.0 Å². The average Bonchev–Trinajstić information content (AvgIpc) is 3.23. The minimum atomic E-state index is -3.74. The van der Waals surface area contributed by atoms with E-state index in [0.29, 0.717) is 25.4 Å². The molecule has 0 bridgehead atoms. The SMILES string of the molecule is CCOc1ccc(NC(=O)CN2CCCN(c3nccs3)CC2)cc1S(=O)(=O)N(CC)CC. The van der Waals surface area contributed by atoms with Gasteiger partial charge in [0.2, 0.25) is 15.9 Å². The van der Waals surface area contributed by atoms with Gasteiger partial charge in [-0.05, 0) is 31.5 Å². The Hall–Kier alpha value is -2.21. The van der Waals surface area contributed by atoms with Crippen molar-refractivity contribution in [2.75, 3.05) is 62.6 Å². The summed E-state index contributed by atoms with van der Waals surface area (Å²) >= 11 is 1.62. The second-order valence-electron chi connectivity index (χ2n) is 7.66. The van der Waals surface area contributed by atoms with Gasteiger partial charge in [-0.2, -0.15) is 4.31 Å². The molecule has 0 spiro atoms. The lowest BCUT2D eigenvalue weighted by Gasteiger charge is -2.22. The Morgan fingerprint density at radius 1 is 1.18 bits per heavy atom. The molecule has 0 aliphatic carbocycles. The highest BCUT2D eigenvalue weighted by molar-refractivity contribution is 7.89. The molecular formula is C22H33N5O4S2. The van der Waals surface area contributed by atoms with Crippen LogP contribution in [0.5, 0.6) is 5.75 Å². The Balaban J connectivity index is 1.68. The van der Waals surface area contributed by atoms with Gasteiger partial charge in [-0.25, -0.2) is 13.4 Å². The van der Waals surface area contributed by atoms with Gasteiger partial charge >= 0.3 is 0 Å². The molecule has 11 heteroatoms. The van der Waals surface area contributed by atoms with E-state index in [2.05, 4.69) is 20.1 Å². The lowest BCUT2D eigenvalue weighted by Crippen LogP contribution is -2.36. The molecule has 1 aliphatic rings. The van der Waals surface area contributed by atoms with Crippen LogP contribution in [0, 0.1) is 0 Å². The highest BCUT2D eigenvalue weighted by atomic mass is 32.2. The Kier molecular flexibility index (Phi) is 9.07. The van der Waals surface area contributed by atoms with Crippen LogP contribution in [0.2, 0.25) is 0 Å². The summed E-state index contributed by atoms with van der Waals surface area (Å²) in [5.74, 6) is 0.116. The molecule has 9 nitrogen and oxygen atoms in total. The molecule has 1 fully saturated rings. The molecule has 3 rings (SSSR count). The molecule has 2 aromatic rings. The molecule has 0 unspecified atom stereocenters. The van der Waals surface area contributed by atoms with Gasteiger partial charge in [0.05, 0.1) is 13.2 Å². The van der Waals surface area contributed by atoms with E-state index in [9.17, 15) is 13.2 Å². The average molecular weight is 496 g/mol. The minimum Gasteiger partial charge on any atom is -0.492 e. The third-order valence-corrected chi connectivity index (χ3v) is 8.40. The number of anilines is 2. The van der Waals surface area contributed by atoms with Crippen LogP contribution in [0.4, 0.5) is 10.8 Å². The first kappa shape index (κ1) is 25.4. The second-order valence-corrected chi connectivity index (χ2v) is 10.4. The predicted octanol–water partition coefficient (Wildman–Crippen LogP) is 2.72. The summed E-state index contributed by atoms with van der Waals surface area (Å²) in [4.78, 5) is 21.6. The predicted molar refractivity (Wildman–Crippen MR) is 132 cm³/mol. The number of sulfonamides is 1. The number of hydrogen-bond acceptors (Lipinski definition) is 8. The first-order chi connectivity index (χ1) is 15.9. The van der Waals surface area contributed by atoms with Gasteiger partial charge in [0.15, 0.2) is 5.13 Å². The van der Waals surface area contributed by atoms with E-state index < -0.39 is 10.0 Å². The van der Waals surface area contributed by atoms with Gasteiger partial charge in [0.1, 0.15) is 10.6 Å². The van der Waals surface area contributed by atoms with Crippen molar-refractivity contribution in [3.63, 3.8) is 0 Å². The summed E-state index contributed by atoms with van der Waals surface area (Å²) in [6, 6.07) is 4.77. The van der Waals surface area contributed by atoms with Crippen molar-refractivity contribution < 1.29 is 17.9 Å². The number of ether oxygens (including phenoxy) is 1. The summed E-state index contributed by atoms with van der Waals surface area (Å²) in [6.45, 7) is 10.0. The molecule has 0 atom stereocenters. The van der Waals surface area contributed by atoms with Crippen LogP contribution >= 0.6 is 11.3 Å². The van der Waals surface area contributed by atoms with Crippen molar-refractivity contribution in [1.82, 2.24) is 14.2 Å². The number of benzene rings is 1. The van der Waals surface area contributed by atoms with Gasteiger partial charge in [-0.3, -0.25) is 9.69 Å². The van der Waals surface area contributed by atoms with Crippen LogP contribution < -0.4 is 15.0 Å². The van der Waals surface area contributed by atoms with Crippen LogP contribution in [-0.2, 0) is 14.8 Å². The van der Waals surface area contributed by atoms with Crippen LogP contribution in [0.1, 0.15) is 27.2 Å². The number of amides is 1. The zero-order chi connectivity index (χ0) is 23.8. The smallest absolute Gasteiger partial charge is 0.246 e. The summed E-state index contributed by atoms with van der Waals surface area (Å²) in [5.41, 5.74) is 0.438. The van der Waals surface area contributed by atoms with E-state index >= 15 is 0 Å². The zero-order valence-electron chi connectivity index (χ0n) is 19.5. The standard InChI is InChI=1S/C22H33N5O4S2/c1-4-27(5-2)33(29,30)20-16-18(8-9-19(20)31-6-3)24-21(28)17-25-11-7-12-26(14-13-25)22-23-10-15-32-22/h8-10,15-16H,4-7,11-14,17H2,1-3H3,(H,24,28). The fourth-order valence-corrected chi connectivity index (χ4v) is 6.17. The molecule has 33 heavy (non-hydrogen) atoms. The van der Waals surface area contributed by atoms with Crippen molar-refractivity contribution >= 4 is 38.1 Å². The number of aromatic nitrogens is 1. The fourth-order valence-electron chi connectivity index (χ4n) is 3.86. The maximum atomic E-state index is 13.1. The van der Waals surface area contributed by atoms with Gasteiger partial charge in [0, 0.05) is 56.5 Å². The van der Waals surface area contributed by atoms with Crippen LogP contribution in [0.15, 0.2) is 34.7 Å². The van der Waals surface area contributed by atoms with E-state index in [0.717, 1.165) is 37.7 Å². The van der Waals surface area contributed by atoms with E-state index in [1.54, 1.807) is 44.2 Å². The normalized spacial score (nSPS) is 15.5. The lowest BCUT2D eigenvalue weighted by atomic mass is 10.3. The summed E-state index contributed by atoms with van der Waals surface area (Å²) < 4.78 is 33.2. The molecular weight excluding hydrogens is 462 g/mol. The zero-order valence-corrected chi connectivity index (χ0v) is 21.1. The molecule has 2 heterocycles. The first-order valence-corrected chi connectivity index (χ1v) is 13.6. The highest BCUT2D eigenvalue weighted by Crippen LogP contribution is 2.30. The van der Waals surface area contributed by atoms with Gasteiger partial charge in [-0.1, -0.05) is 13.8 Å². The third kappa shape index (κ3) is 6.44. The number of nitrogens with zero attached hydrogens (tertiary/aromatic N) is 4. The largest absolute Gasteiger partial charge is 0.492 e. The van der Waals surface area contributed by atoms with Crippen molar-refractivity contribution in [3.8, 4) is 5.75 Å². The number of thiazole rings is 1. The lowest BCUT2D eigenvalue weighted by molar-refractivity contribution is -0.117. The summed E-state index contributed by atoms with van der Waals surface area (Å²) in [5, 5.41) is 5.84. The molecule has 1 aromatic heterocycles. The second kappa shape index (κ2) is 11.8. The molecule has 1 aromatic carbocycles. The van der Waals surface area contributed by atoms with E-state index in [-0.39, 0.29) is 23.1 Å². The molecule has 1 saturated heterocycles. The Morgan fingerprint density at radius 3 is 2.64 bits per heavy atom. The number of carbonyl (C=O) groups is 1. The molecule has 182 valence electrons. The van der Waals surface area contributed by atoms with E-state index in [1.165, 1.54) is 10.4 Å². The Bertz CT molecular complexity index is 1010. The molecule has 0 radical (unpaired) electrons. The van der Waals surface area contributed by atoms with Gasteiger partial charge in [-0.15, -0.1) is 11.3 Å². The van der Waals surface area contributed by atoms with Gasteiger partial charge in [0.25, 0.3) is 0 Å². The van der Waals surface area contributed by atoms with Crippen molar-refractivity contribution in [3.05, 3.63) is 29.8 Å². The van der Waals surface area contributed by atoms with Crippen LogP contribution in [0.3, 0.4) is 0 Å². The molecule has 1 amide bonds. The number of carbonyl (C=O) groups excluding carboxylic acids is 1. The van der Waals surface area contributed by atoms with Crippen molar-refractivity contribution in [1.29, 1.82) is 0 Å². The first-order valence-electron chi connectivity index (χ1n) is 11.3. The monoisotopic (exact) mass is 495 g/mol. The maximum Gasteiger partial charge on any atom is 0.246 e. The number of hydrogen-bond donors (Lipinski definition) is 1. The molecule has 0 saturated carbocycles. The Morgan fingerprint density at radius 2 is 1.97 bits per heavy atom. The molecule has 1 N–H and O–H groups in total.